The molecule has 0 radical (unpaired) electrons. The fourth-order valence-electron chi connectivity index (χ4n) is 3.34. The number of sulfonamides is 1. The molecule has 1 aromatic carbocycles. The zero-order chi connectivity index (χ0) is 18.4. The standard InChI is InChI=1S/C18H22N2O4S/c1-12-9-15-10-14(6-8-17(15)20(12)25(4,22)23)18(21)19(3)11-16-7-5-13(2)24-16/h5-8,10,12H,9,11H2,1-4H3/t12-/m1/s1. The first-order valence-corrected chi connectivity index (χ1v) is 9.95. The van der Waals surface area contributed by atoms with E-state index in [2.05, 4.69) is 0 Å². The van der Waals surface area contributed by atoms with E-state index in [-0.39, 0.29) is 11.9 Å². The molecule has 2 heterocycles. The summed E-state index contributed by atoms with van der Waals surface area (Å²) < 4.78 is 30.9. The van der Waals surface area contributed by atoms with Crippen molar-refractivity contribution >= 4 is 21.6 Å². The fraction of sp³-hybridized carbons (Fsp3) is 0.389. The second-order valence-corrected chi connectivity index (χ2v) is 8.49. The lowest BCUT2D eigenvalue weighted by molar-refractivity contribution is 0.0775. The summed E-state index contributed by atoms with van der Waals surface area (Å²) in [6.45, 7) is 4.12. The number of benzene rings is 1. The Morgan fingerprint density at radius 3 is 2.64 bits per heavy atom. The van der Waals surface area contributed by atoms with E-state index in [0.717, 1.165) is 17.1 Å². The minimum atomic E-state index is -3.33. The maximum absolute atomic E-state index is 12.7. The van der Waals surface area contributed by atoms with Crippen molar-refractivity contribution in [3.63, 3.8) is 0 Å². The van der Waals surface area contributed by atoms with Gasteiger partial charge in [0, 0.05) is 18.7 Å². The molecule has 7 heteroatoms. The van der Waals surface area contributed by atoms with E-state index in [1.807, 2.05) is 26.0 Å². The van der Waals surface area contributed by atoms with Crippen LogP contribution in [0.5, 0.6) is 0 Å². The third-order valence-electron chi connectivity index (χ3n) is 4.37. The van der Waals surface area contributed by atoms with Gasteiger partial charge in [-0.2, -0.15) is 0 Å². The molecule has 1 aliphatic rings. The summed E-state index contributed by atoms with van der Waals surface area (Å²) in [4.78, 5) is 14.3. The van der Waals surface area contributed by atoms with Crippen LogP contribution in [-0.2, 0) is 23.0 Å². The molecule has 0 fully saturated rings. The van der Waals surface area contributed by atoms with E-state index < -0.39 is 10.0 Å². The van der Waals surface area contributed by atoms with Crippen molar-refractivity contribution in [3.8, 4) is 0 Å². The number of hydrogen-bond acceptors (Lipinski definition) is 4. The average Bonchev–Trinajstić information content (AvgIpc) is 3.06. The second-order valence-electron chi connectivity index (χ2n) is 6.63. The topological polar surface area (TPSA) is 70.8 Å². The number of carbonyl (C=O) groups is 1. The summed E-state index contributed by atoms with van der Waals surface area (Å²) in [5.74, 6) is 1.41. The highest BCUT2D eigenvalue weighted by molar-refractivity contribution is 7.92. The highest BCUT2D eigenvalue weighted by Gasteiger charge is 2.33. The second kappa shape index (κ2) is 6.22. The van der Waals surface area contributed by atoms with Gasteiger partial charge in [-0.15, -0.1) is 0 Å². The van der Waals surface area contributed by atoms with Gasteiger partial charge in [-0.3, -0.25) is 9.10 Å². The summed E-state index contributed by atoms with van der Waals surface area (Å²) in [5.41, 5.74) is 2.09. The zero-order valence-electron chi connectivity index (χ0n) is 14.8. The lowest BCUT2D eigenvalue weighted by atomic mass is 10.1. The summed E-state index contributed by atoms with van der Waals surface area (Å²) in [7, 11) is -1.61. The third kappa shape index (κ3) is 3.42. The van der Waals surface area contributed by atoms with Gasteiger partial charge in [0.2, 0.25) is 10.0 Å². The summed E-state index contributed by atoms with van der Waals surface area (Å²) in [5, 5.41) is 0. The van der Waals surface area contributed by atoms with Crippen LogP contribution in [0, 0.1) is 6.92 Å². The molecule has 1 amide bonds. The Morgan fingerprint density at radius 1 is 1.32 bits per heavy atom. The van der Waals surface area contributed by atoms with Gasteiger partial charge in [0.05, 0.1) is 18.5 Å². The maximum Gasteiger partial charge on any atom is 0.254 e. The Hall–Kier alpha value is -2.28. The summed E-state index contributed by atoms with van der Waals surface area (Å²) >= 11 is 0. The molecule has 0 saturated carbocycles. The smallest absolute Gasteiger partial charge is 0.254 e. The van der Waals surface area contributed by atoms with E-state index in [9.17, 15) is 13.2 Å². The van der Waals surface area contributed by atoms with E-state index in [4.69, 9.17) is 4.42 Å². The Kier molecular flexibility index (Phi) is 4.36. The number of furan rings is 1. The quantitative estimate of drug-likeness (QED) is 0.838. The van der Waals surface area contributed by atoms with Crippen molar-refractivity contribution in [1.82, 2.24) is 4.90 Å². The Bertz CT molecular complexity index is 917. The molecular weight excluding hydrogens is 340 g/mol. The van der Waals surface area contributed by atoms with E-state index in [0.29, 0.717) is 24.2 Å². The van der Waals surface area contributed by atoms with Gasteiger partial charge in [-0.25, -0.2) is 8.42 Å². The van der Waals surface area contributed by atoms with E-state index in [1.165, 1.54) is 10.6 Å². The van der Waals surface area contributed by atoms with E-state index >= 15 is 0 Å². The molecule has 0 bridgehead atoms. The average molecular weight is 362 g/mol. The lowest BCUT2D eigenvalue weighted by Gasteiger charge is -2.22. The van der Waals surface area contributed by atoms with E-state index in [1.54, 1.807) is 30.1 Å². The predicted molar refractivity (Wildman–Crippen MR) is 96.2 cm³/mol. The van der Waals surface area contributed by atoms with Gasteiger partial charge in [0.1, 0.15) is 11.5 Å². The van der Waals surface area contributed by atoms with Crippen molar-refractivity contribution in [2.45, 2.75) is 32.9 Å². The number of anilines is 1. The maximum atomic E-state index is 12.7. The van der Waals surface area contributed by atoms with Crippen molar-refractivity contribution in [1.29, 1.82) is 0 Å². The third-order valence-corrected chi connectivity index (χ3v) is 5.64. The number of nitrogens with zero attached hydrogens (tertiary/aromatic N) is 2. The number of carbonyl (C=O) groups excluding carboxylic acids is 1. The molecule has 3 rings (SSSR count). The van der Waals surface area contributed by atoms with Crippen LogP contribution in [0.1, 0.15) is 34.4 Å². The van der Waals surface area contributed by atoms with Crippen LogP contribution in [0.25, 0.3) is 0 Å². The molecular formula is C18H22N2O4S. The Balaban J connectivity index is 1.83. The largest absolute Gasteiger partial charge is 0.464 e. The SMILES string of the molecule is Cc1ccc(CN(C)C(=O)c2ccc3c(c2)C[C@@H](C)N3S(C)(=O)=O)o1. The fourth-order valence-corrected chi connectivity index (χ4v) is 4.60. The molecule has 1 atom stereocenters. The van der Waals surface area contributed by atoms with Crippen molar-refractivity contribution in [3.05, 3.63) is 53.0 Å². The molecule has 0 spiro atoms. The highest BCUT2D eigenvalue weighted by atomic mass is 32.2. The van der Waals surface area contributed by atoms with Crippen LogP contribution in [0.15, 0.2) is 34.7 Å². The number of amides is 1. The lowest BCUT2D eigenvalue weighted by Crippen LogP contribution is -2.34. The van der Waals surface area contributed by atoms with Gasteiger partial charge >= 0.3 is 0 Å². The van der Waals surface area contributed by atoms with Crippen LogP contribution in [-0.4, -0.2) is 38.6 Å². The Labute approximate surface area is 148 Å². The zero-order valence-corrected chi connectivity index (χ0v) is 15.6. The number of fused-ring (bicyclic) bond motifs is 1. The van der Waals surface area contributed by atoms with Gasteiger partial charge < -0.3 is 9.32 Å². The normalized spacial score (nSPS) is 16.8. The first-order chi connectivity index (χ1) is 11.7. The van der Waals surface area contributed by atoms with Crippen LogP contribution < -0.4 is 4.31 Å². The van der Waals surface area contributed by atoms with Crippen molar-refractivity contribution in [2.75, 3.05) is 17.6 Å². The molecule has 0 saturated heterocycles. The van der Waals surface area contributed by atoms with Crippen molar-refractivity contribution < 1.29 is 17.6 Å². The highest BCUT2D eigenvalue weighted by Crippen LogP contribution is 2.34. The predicted octanol–water partition coefficient (Wildman–Crippen LogP) is 2.57. The first kappa shape index (κ1) is 17.5. The van der Waals surface area contributed by atoms with Crippen molar-refractivity contribution in [2.24, 2.45) is 0 Å². The van der Waals surface area contributed by atoms with Gasteiger partial charge in [0.25, 0.3) is 5.91 Å². The first-order valence-electron chi connectivity index (χ1n) is 8.10. The molecule has 134 valence electrons. The van der Waals surface area contributed by atoms with Crippen LogP contribution in [0.3, 0.4) is 0 Å². The minimum absolute atomic E-state index is 0.123. The van der Waals surface area contributed by atoms with Gasteiger partial charge in [-0.05, 0) is 56.2 Å². The number of rotatable bonds is 4. The van der Waals surface area contributed by atoms with Crippen LogP contribution in [0.4, 0.5) is 5.69 Å². The number of aryl methyl sites for hydroxylation is 1. The molecule has 1 aromatic heterocycles. The molecule has 25 heavy (non-hydrogen) atoms. The summed E-state index contributed by atoms with van der Waals surface area (Å²) in [6.07, 6.45) is 1.81. The summed E-state index contributed by atoms with van der Waals surface area (Å²) in [6, 6.07) is 8.78. The van der Waals surface area contributed by atoms with Gasteiger partial charge in [0.15, 0.2) is 0 Å². The number of hydrogen-bond donors (Lipinski definition) is 0. The molecule has 1 aliphatic heterocycles. The molecule has 2 aromatic rings. The molecule has 0 unspecified atom stereocenters. The molecule has 0 aliphatic carbocycles. The van der Waals surface area contributed by atoms with Crippen LogP contribution >= 0.6 is 0 Å². The monoisotopic (exact) mass is 362 g/mol. The van der Waals surface area contributed by atoms with Gasteiger partial charge in [-0.1, -0.05) is 0 Å². The minimum Gasteiger partial charge on any atom is -0.464 e. The van der Waals surface area contributed by atoms with Crippen LogP contribution in [0.2, 0.25) is 0 Å². The Morgan fingerprint density at radius 2 is 2.04 bits per heavy atom. The molecule has 6 nitrogen and oxygen atoms in total. The molecule has 0 N–H and O–H groups in total.